The van der Waals surface area contributed by atoms with Gasteiger partial charge in [0.05, 0.1) is 39.9 Å². The summed E-state index contributed by atoms with van der Waals surface area (Å²) in [5, 5.41) is 13.8. The Balaban J connectivity index is 4.25. The zero-order valence-corrected chi connectivity index (χ0v) is 39.2. The number of nitrogens with one attached hydrogen (secondary N) is 1. The molecule has 0 spiro atoms. The summed E-state index contributed by atoms with van der Waals surface area (Å²) in [6.45, 7) is 4.79. The number of phosphoric acid groups is 1. The van der Waals surface area contributed by atoms with Gasteiger partial charge in [-0.1, -0.05) is 212 Å². The lowest BCUT2D eigenvalue weighted by atomic mass is 10.0. The largest absolute Gasteiger partial charge is 0.472 e. The molecule has 0 aliphatic heterocycles. The highest BCUT2D eigenvalue weighted by Crippen LogP contribution is 2.43. The zero-order chi connectivity index (χ0) is 42.1. The first-order valence-corrected chi connectivity index (χ1v) is 25.7. The van der Waals surface area contributed by atoms with Gasteiger partial charge in [0.1, 0.15) is 13.2 Å². The molecule has 0 heterocycles. The molecular weight excluding hydrogens is 732 g/mol. The number of allylic oxidation sites excluding steroid dienone is 3. The molecule has 57 heavy (non-hydrogen) atoms. The third kappa shape index (κ3) is 42.9. The van der Waals surface area contributed by atoms with Gasteiger partial charge in [0, 0.05) is 6.42 Å². The molecule has 0 saturated carbocycles. The number of phosphoric ester groups is 1. The zero-order valence-electron chi connectivity index (χ0n) is 38.3. The Labute approximate surface area is 354 Å². The summed E-state index contributed by atoms with van der Waals surface area (Å²) in [7, 11) is 1.56. The van der Waals surface area contributed by atoms with Crippen molar-refractivity contribution in [2.75, 3.05) is 40.9 Å². The van der Waals surface area contributed by atoms with Crippen LogP contribution in [0.2, 0.25) is 0 Å². The summed E-state index contributed by atoms with van der Waals surface area (Å²) in [6, 6.07) is -0.857. The summed E-state index contributed by atoms with van der Waals surface area (Å²) in [5.74, 6) is -0.188. The number of quaternary nitrogens is 1. The van der Waals surface area contributed by atoms with E-state index in [0.29, 0.717) is 17.4 Å². The molecule has 3 atom stereocenters. The van der Waals surface area contributed by atoms with Gasteiger partial charge >= 0.3 is 7.82 Å². The van der Waals surface area contributed by atoms with E-state index in [1.165, 1.54) is 167 Å². The summed E-state index contributed by atoms with van der Waals surface area (Å²) in [6.07, 6.45) is 48.5. The minimum Gasteiger partial charge on any atom is -0.387 e. The monoisotopic (exact) mass is 828 g/mol. The van der Waals surface area contributed by atoms with Crippen LogP contribution in [-0.2, 0) is 18.4 Å². The molecule has 0 fully saturated rings. The van der Waals surface area contributed by atoms with Crippen LogP contribution in [0.5, 0.6) is 0 Å². The van der Waals surface area contributed by atoms with Gasteiger partial charge in [-0.15, -0.1) is 0 Å². The van der Waals surface area contributed by atoms with Crippen LogP contribution >= 0.6 is 7.82 Å². The smallest absolute Gasteiger partial charge is 0.387 e. The van der Waals surface area contributed by atoms with Crippen LogP contribution < -0.4 is 5.32 Å². The minimum atomic E-state index is -4.34. The molecule has 0 aromatic carbocycles. The molecule has 1 amide bonds. The second-order valence-electron chi connectivity index (χ2n) is 17.8. The molecule has 0 aromatic rings. The van der Waals surface area contributed by atoms with Gasteiger partial charge in [-0.25, -0.2) is 4.57 Å². The number of carbonyl (C=O) groups is 1. The molecule has 3 N–H and O–H groups in total. The normalized spacial score (nSPS) is 14.4. The van der Waals surface area contributed by atoms with Gasteiger partial charge in [-0.2, -0.15) is 0 Å². The number of nitrogens with zero attached hydrogens (tertiary/aromatic N) is 1. The number of hydrogen-bond acceptors (Lipinski definition) is 5. The number of aliphatic hydroxyl groups excluding tert-OH is 1. The van der Waals surface area contributed by atoms with Gasteiger partial charge < -0.3 is 19.8 Å². The minimum absolute atomic E-state index is 0.0581. The fraction of sp³-hybridized carbons (Fsp3) is 0.896. The highest BCUT2D eigenvalue weighted by atomic mass is 31.2. The van der Waals surface area contributed by atoms with Crippen molar-refractivity contribution in [3.63, 3.8) is 0 Å². The number of unbranched alkanes of at least 4 members (excludes halogenated alkanes) is 29. The van der Waals surface area contributed by atoms with E-state index in [9.17, 15) is 19.4 Å². The lowest BCUT2D eigenvalue weighted by Crippen LogP contribution is -2.45. The molecule has 0 aliphatic rings. The Kier molecular flexibility index (Phi) is 39.7. The maximum Gasteiger partial charge on any atom is 0.472 e. The van der Waals surface area contributed by atoms with E-state index in [1.807, 2.05) is 27.2 Å². The van der Waals surface area contributed by atoms with Crippen LogP contribution in [0.25, 0.3) is 0 Å². The summed E-state index contributed by atoms with van der Waals surface area (Å²) in [4.78, 5) is 23.1. The molecule has 9 heteroatoms. The lowest BCUT2D eigenvalue weighted by molar-refractivity contribution is -0.870. The van der Waals surface area contributed by atoms with Crippen LogP contribution in [0.4, 0.5) is 0 Å². The van der Waals surface area contributed by atoms with Crippen molar-refractivity contribution in [1.82, 2.24) is 5.32 Å². The highest BCUT2D eigenvalue weighted by Gasteiger charge is 2.27. The van der Waals surface area contributed by atoms with E-state index < -0.39 is 20.0 Å². The van der Waals surface area contributed by atoms with E-state index in [-0.39, 0.29) is 19.1 Å². The molecule has 8 nitrogen and oxygen atoms in total. The molecule has 338 valence electrons. The predicted octanol–water partition coefficient (Wildman–Crippen LogP) is 13.7. The first-order chi connectivity index (χ1) is 27.5. The van der Waals surface area contributed by atoms with Gasteiger partial charge in [0.15, 0.2) is 0 Å². The number of hydrogen-bond donors (Lipinski definition) is 3. The molecule has 0 saturated heterocycles. The number of rotatable bonds is 44. The second-order valence-corrected chi connectivity index (χ2v) is 19.3. The fourth-order valence-electron chi connectivity index (χ4n) is 7.06. The lowest BCUT2D eigenvalue weighted by Gasteiger charge is -2.25. The van der Waals surface area contributed by atoms with Crippen LogP contribution in [0.1, 0.15) is 226 Å². The average molecular weight is 828 g/mol. The molecule has 3 unspecified atom stereocenters. The highest BCUT2D eigenvalue weighted by molar-refractivity contribution is 7.47. The van der Waals surface area contributed by atoms with E-state index in [0.717, 1.165) is 38.5 Å². The van der Waals surface area contributed by atoms with Crippen molar-refractivity contribution < 1.29 is 32.9 Å². The van der Waals surface area contributed by atoms with Crippen molar-refractivity contribution in [2.24, 2.45) is 0 Å². The first kappa shape index (κ1) is 56.0. The van der Waals surface area contributed by atoms with Crippen LogP contribution in [-0.4, -0.2) is 73.4 Å². The van der Waals surface area contributed by atoms with Crippen molar-refractivity contribution in [3.05, 3.63) is 24.3 Å². The second kappa shape index (κ2) is 40.4. The maximum absolute atomic E-state index is 12.8. The van der Waals surface area contributed by atoms with E-state index in [4.69, 9.17) is 9.05 Å². The molecule has 0 rings (SSSR count). The molecule has 0 bridgehead atoms. The molecule has 0 aliphatic carbocycles. The fourth-order valence-corrected chi connectivity index (χ4v) is 7.79. The third-order valence-corrected chi connectivity index (χ3v) is 11.9. The topological polar surface area (TPSA) is 105 Å². The first-order valence-electron chi connectivity index (χ1n) is 24.2. The van der Waals surface area contributed by atoms with Gasteiger partial charge in [-0.3, -0.25) is 13.8 Å². The van der Waals surface area contributed by atoms with Crippen LogP contribution in [0.15, 0.2) is 24.3 Å². The summed E-state index contributed by atoms with van der Waals surface area (Å²) in [5.41, 5.74) is 0. The van der Waals surface area contributed by atoms with Crippen LogP contribution in [0.3, 0.4) is 0 Å². The number of likely N-dealkylation sites (N-methyl/N-ethyl adjacent to an activating group) is 1. The summed E-state index contributed by atoms with van der Waals surface area (Å²) < 4.78 is 23.5. The van der Waals surface area contributed by atoms with E-state index in [2.05, 4.69) is 31.3 Å². The Bertz CT molecular complexity index is 984. The number of amides is 1. The SMILES string of the molecule is CCCCCCCCCCCCCCCCCCCCC/C=C/CC/C=C/C(O)C(COP(=O)(O)OCC[N+](C)(C)C)NC(=O)CCCCCCCCCCCC. The Morgan fingerprint density at radius 1 is 0.579 bits per heavy atom. The molecule has 0 aromatic heterocycles. The van der Waals surface area contributed by atoms with Gasteiger partial charge in [0.2, 0.25) is 5.91 Å². The number of aliphatic hydroxyl groups is 1. The van der Waals surface area contributed by atoms with E-state index in [1.54, 1.807) is 6.08 Å². The Morgan fingerprint density at radius 3 is 1.40 bits per heavy atom. The van der Waals surface area contributed by atoms with Crippen molar-refractivity contribution in [2.45, 2.75) is 238 Å². The molecule has 0 radical (unpaired) electrons. The van der Waals surface area contributed by atoms with Crippen molar-refractivity contribution in [3.8, 4) is 0 Å². The van der Waals surface area contributed by atoms with Crippen molar-refractivity contribution >= 4 is 13.7 Å². The molecular formula is C48H96N2O6P+. The maximum atomic E-state index is 12.8. The quantitative estimate of drug-likeness (QED) is 0.0244. The third-order valence-electron chi connectivity index (χ3n) is 10.9. The number of carbonyl (C=O) groups excluding carboxylic acids is 1. The summed E-state index contributed by atoms with van der Waals surface area (Å²) >= 11 is 0. The van der Waals surface area contributed by atoms with Crippen LogP contribution in [0, 0.1) is 0 Å². The van der Waals surface area contributed by atoms with Crippen molar-refractivity contribution in [1.29, 1.82) is 0 Å². The Morgan fingerprint density at radius 2 is 0.965 bits per heavy atom. The Hall–Kier alpha value is -1.02. The average Bonchev–Trinajstić information content (AvgIpc) is 3.16. The predicted molar refractivity (Wildman–Crippen MR) is 245 cm³/mol. The van der Waals surface area contributed by atoms with Gasteiger partial charge in [0.25, 0.3) is 0 Å². The standard InChI is InChI=1S/C48H95N2O6P/c1-6-8-10-12-14-16-18-19-20-21-22-23-24-25-26-27-28-29-30-31-32-33-35-37-39-41-47(51)46(45-56-57(53,54)55-44-43-50(3,4)5)49-48(52)42-40-38-36-34-17-15-13-11-9-7-2/h32-33,39,41,46-47,51H,6-31,34-38,40,42-45H2,1-5H3,(H-,49,52,53,54)/p+1/b33-32+,41-39+. The van der Waals surface area contributed by atoms with Gasteiger partial charge in [-0.05, 0) is 32.1 Å². The van der Waals surface area contributed by atoms with E-state index >= 15 is 0 Å².